The summed E-state index contributed by atoms with van der Waals surface area (Å²) in [7, 11) is 0. The minimum Gasteiger partial charge on any atom is -0.393 e. The Bertz CT molecular complexity index is 129. The SMILES string of the molecule is NCCC(O)C[C@H](N)C(N)=O. The second-order valence-electron chi connectivity index (χ2n) is 2.48. The van der Waals surface area contributed by atoms with E-state index in [1.807, 2.05) is 0 Å². The summed E-state index contributed by atoms with van der Waals surface area (Å²) in [4.78, 5) is 10.4. The third-order valence-electron chi connectivity index (χ3n) is 1.39. The standard InChI is InChI=1S/C6H15N3O2/c7-2-1-4(10)3-5(8)6(9)11/h4-5,10H,1-3,7-8H2,(H2,9,11)/t4?,5-/m0/s1. The van der Waals surface area contributed by atoms with E-state index >= 15 is 0 Å². The maximum Gasteiger partial charge on any atom is 0.234 e. The number of aliphatic hydroxyl groups excluding tert-OH is 1. The number of carbonyl (C=O) groups is 1. The molecule has 0 saturated heterocycles. The second-order valence-corrected chi connectivity index (χ2v) is 2.48. The molecule has 66 valence electrons. The number of aliphatic hydroxyl groups is 1. The molecule has 0 aromatic heterocycles. The summed E-state index contributed by atoms with van der Waals surface area (Å²) in [6, 6.07) is -0.767. The Labute approximate surface area is 65.5 Å². The normalized spacial score (nSPS) is 15.9. The van der Waals surface area contributed by atoms with Crippen LogP contribution in [0.1, 0.15) is 12.8 Å². The molecule has 2 atom stereocenters. The van der Waals surface area contributed by atoms with Gasteiger partial charge in [-0.25, -0.2) is 0 Å². The average Bonchev–Trinajstić information content (AvgIpc) is 1.87. The molecule has 0 bridgehead atoms. The lowest BCUT2D eigenvalue weighted by Gasteiger charge is -2.12. The topological polar surface area (TPSA) is 115 Å². The van der Waals surface area contributed by atoms with Gasteiger partial charge in [0, 0.05) is 0 Å². The van der Waals surface area contributed by atoms with Crippen LogP contribution in [0.3, 0.4) is 0 Å². The van der Waals surface area contributed by atoms with Gasteiger partial charge in [0.15, 0.2) is 0 Å². The fraction of sp³-hybridized carbons (Fsp3) is 0.833. The van der Waals surface area contributed by atoms with E-state index in [9.17, 15) is 4.79 Å². The Hall–Kier alpha value is -0.650. The number of amides is 1. The number of primary amides is 1. The largest absolute Gasteiger partial charge is 0.393 e. The fourth-order valence-corrected chi connectivity index (χ4v) is 0.720. The first-order chi connectivity index (χ1) is 5.07. The minimum atomic E-state index is -0.767. The smallest absolute Gasteiger partial charge is 0.234 e. The molecule has 0 spiro atoms. The quantitative estimate of drug-likeness (QED) is 0.369. The number of nitrogens with two attached hydrogens (primary N) is 3. The maximum atomic E-state index is 10.4. The number of rotatable bonds is 5. The summed E-state index contributed by atoms with van der Waals surface area (Å²) in [5.74, 6) is -0.596. The van der Waals surface area contributed by atoms with Gasteiger partial charge in [0.25, 0.3) is 0 Å². The van der Waals surface area contributed by atoms with Crippen LogP contribution in [0.5, 0.6) is 0 Å². The van der Waals surface area contributed by atoms with Crippen LogP contribution < -0.4 is 17.2 Å². The third-order valence-corrected chi connectivity index (χ3v) is 1.39. The van der Waals surface area contributed by atoms with E-state index in [2.05, 4.69) is 0 Å². The van der Waals surface area contributed by atoms with Gasteiger partial charge in [-0.05, 0) is 19.4 Å². The molecule has 0 rings (SSSR count). The number of carbonyl (C=O) groups excluding carboxylic acids is 1. The van der Waals surface area contributed by atoms with Crippen LogP contribution in [0, 0.1) is 0 Å². The first kappa shape index (κ1) is 10.3. The van der Waals surface area contributed by atoms with Crippen LogP contribution in [-0.2, 0) is 4.79 Å². The highest BCUT2D eigenvalue weighted by Gasteiger charge is 2.13. The first-order valence-electron chi connectivity index (χ1n) is 3.51. The van der Waals surface area contributed by atoms with E-state index in [0.29, 0.717) is 13.0 Å². The summed E-state index contributed by atoms with van der Waals surface area (Å²) in [5.41, 5.74) is 15.3. The molecule has 0 heterocycles. The van der Waals surface area contributed by atoms with Gasteiger partial charge < -0.3 is 22.3 Å². The number of hydrogen-bond donors (Lipinski definition) is 4. The van der Waals surface area contributed by atoms with Gasteiger partial charge in [-0.15, -0.1) is 0 Å². The van der Waals surface area contributed by atoms with Crippen molar-refractivity contribution in [1.82, 2.24) is 0 Å². The molecule has 5 nitrogen and oxygen atoms in total. The fourth-order valence-electron chi connectivity index (χ4n) is 0.720. The van der Waals surface area contributed by atoms with E-state index in [0.717, 1.165) is 0 Å². The van der Waals surface area contributed by atoms with Gasteiger partial charge in [0.2, 0.25) is 5.91 Å². The molecule has 0 radical (unpaired) electrons. The molecule has 0 fully saturated rings. The molecule has 7 N–H and O–H groups in total. The van der Waals surface area contributed by atoms with Crippen LogP contribution in [0.4, 0.5) is 0 Å². The van der Waals surface area contributed by atoms with Crippen LogP contribution >= 0.6 is 0 Å². The molecule has 0 saturated carbocycles. The van der Waals surface area contributed by atoms with Gasteiger partial charge in [-0.1, -0.05) is 0 Å². The molecule has 0 aromatic carbocycles. The number of hydrogen-bond acceptors (Lipinski definition) is 4. The van der Waals surface area contributed by atoms with E-state index in [1.165, 1.54) is 0 Å². The van der Waals surface area contributed by atoms with Crippen molar-refractivity contribution in [3.8, 4) is 0 Å². The van der Waals surface area contributed by atoms with Crippen LogP contribution in [0.2, 0.25) is 0 Å². The van der Waals surface area contributed by atoms with Crippen LogP contribution in [0.15, 0.2) is 0 Å². The molecule has 5 heteroatoms. The summed E-state index contributed by atoms with van der Waals surface area (Å²) in [6.07, 6.45) is 0.00977. The lowest BCUT2D eigenvalue weighted by molar-refractivity contribution is -0.119. The monoisotopic (exact) mass is 161 g/mol. The third kappa shape index (κ3) is 4.72. The molecule has 0 aliphatic heterocycles. The molecular weight excluding hydrogens is 146 g/mol. The second kappa shape index (κ2) is 5.06. The van der Waals surface area contributed by atoms with Crippen molar-refractivity contribution in [3.05, 3.63) is 0 Å². The zero-order chi connectivity index (χ0) is 8.85. The van der Waals surface area contributed by atoms with Gasteiger partial charge in [-0.2, -0.15) is 0 Å². The molecule has 1 unspecified atom stereocenters. The van der Waals surface area contributed by atoms with Crippen molar-refractivity contribution in [3.63, 3.8) is 0 Å². The van der Waals surface area contributed by atoms with Crippen LogP contribution in [-0.4, -0.2) is 29.7 Å². The molecule has 0 aromatic rings. The minimum absolute atomic E-state index is 0.187. The van der Waals surface area contributed by atoms with Gasteiger partial charge in [-0.3, -0.25) is 4.79 Å². The van der Waals surface area contributed by atoms with Crippen molar-refractivity contribution in [1.29, 1.82) is 0 Å². The first-order valence-corrected chi connectivity index (χ1v) is 3.51. The van der Waals surface area contributed by atoms with Crippen molar-refractivity contribution in [2.45, 2.75) is 25.0 Å². The summed E-state index contributed by atoms with van der Waals surface area (Å²) in [5, 5.41) is 9.10. The van der Waals surface area contributed by atoms with E-state index in [1.54, 1.807) is 0 Å². The van der Waals surface area contributed by atoms with Crippen molar-refractivity contribution < 1.29 is 9.90 Å². The lowest BCUT2D eigenvalue weighted by atomic mass is 10.1. The molecule has 0 aliphatic rings. The highest BCUT2D eigenvalue weighted by atomic mass is 16.3. The Morgan fingerprint density at radius 1 is 1.55 bits per heavy atom. The van der Waals surface area contributed by atoms with Gasteiger partial charge in [0.1, 0.15) is 0 Å². The highest BCUT2D eigenvalue weighted by molar-refractivity contribution is 5.79. The zero-order valence-corrected chi connectivity index (χ0v) is 6.36. The van der Waals surface area contributed by atoms with Crippen molar-refractivity contribution in [2.24, 2.45) is 17.2 Å². The zero-order valence-electron chi connectivity index (χ0n) is 6.36. The Morgan fingerprint density at radius 3 is 2.45 bits per heavy atom. The van der Waals surface area contributed by atoms with Gasteiger partial charge in [0.05, 0.1) is 12.1 Å². The maximum absolute atomic E-state index is 10.4. The summed E-state index contributed by atoms with van der Waals surface area (Å²) >= 11 is 0. The molecule has 11 heavy (non-hydrogen) atoms. The van der Waals surface area contributed by atoms with Gasteiger partial charge >= 0.3 is 0 Å². The molecule has 0 aliphatic carbocycles. The highest BCUT2D eigenvalue weighted by Crippen LogP contribution is 1.98. The van der Waals surface area contributed by atoms with E-state index in [4.69, 9.17) is 22.3 Å². The van der Waals surface area contributed by atoms with Crippen LogP contribution in [0.25, 0.3) is 0 Å². The Kier molecular flexibility index (Phi) is 4.76. The average molecular weight is 161 g/mol. The van der Waals surface area contributed by atoms with Crippen molar-refractivity contribution in [2.75, 3.05) is 6.54 Å². The predicted octanol–water partition coefficient (Wildman–Crippen LogP) is -2.10. The predicted molar refractivity (Wildman–Crippen MR) is 41.5 cm³/mol. The summed E-state index contributed by atoms with van der Waals surface area (Å²) < 4.78 is 0. The van der Waals surface area contributed by atoms with E-state index in [-0.39, 0.29) is 6.42 Å². The molecular formula is C6H15N3O2. The summed E-state index contributed by atoms with van der Waals surface area (Å²) in [6.45, 7) is 0.382. The Morgan fingerprint density at radius 2 is 2.09 bits per heavy atom. The van der Waals surface area contributed by atoms with E-state index < -0.39 is 18.1 Å². The lowest BCUT2D eigenvalue weighted by Crippen LogP contribution is -2.39. The van der Waals surface area contributed by atoms with Crippen molar-refractivity contribution >= 4 is 5.91 Å². The molecule has 1 amide bonds. The Balaban J connectivity index is 3.56.